The van der Waals surface area contributed by atoms with Gasteiger partial charge in [-0.2, -0.15) is 4.98 Å². The molecule has 0 amide bonds. The van der Waals surface area contributed by atoms with Gasteiger partial charge in [0.2, 0.25) is 11.1 Å². The number of likely N-dealkylation sites (N-methyl/N-ethyl adjacent to an activating group) is 1. The van der Waals surface area contributed by atoms with E-state index in [0.717, 1.165) is 0 Å². The minimum absolute atomic E-state index is 0.00707. The Morgan fingerprint density at radius 3 is 2.71 bits per heavy atom. The zero-order chi connectivity index (χ0) is 13.0. The third-order valence-corrected chi connectivity index (χ3v) is 2.36. The molecule has 0 spiro atoms. The van der Waals surface area contributed by atoms with Crippen molar-refractivity contribution in [2.45, 2.75) is 6.92 Å². The molecule has 0 atom stereocenters. The fraction of sp³-hybridized carbons (Fsp3) is 0.556. The van der Waals surface area contributed by atoms with E-state index < -0.39 is 4.92 Å². The maximum atomic E-state index is 11.0. The summed E-state index contributed by atoms with van der Waals surface area (Å²) in [5, 5.41) is 10.9. The second-order valence-corrected chi connectivity index (χ2v) is 3.76. The lowest BCUT2D eigenvalue weighted by molar-refractivity contribution is -0.385. The van der Waals surface area contributed by atoms with Crippen molar-refractivity contribution in [3.05, 3.63) is 21.1 Å². The Bertz CT molecular complexity index is 427. The molecule has 94 valence electrons. The summed E-state index contributed by atoms with van der Waals surface area (Å²) in [5.41, 5.74) is 0.113. The zero-order valence-corrected chi connectivity index (χ0v) is 10.6. The minimum atomic E-state index is -0.510. The second-order valence-electron chi connectivity index (χ2n) is 3.42. The molecule has 0 aromatic carbocycles. The lowest BCUT2D eigenvalue weighted by Gasteiger charge is -2.17. The largest absolute Gasteiger partial charge is 0.383 e. The first kappa shape index (κ1) is 13.6. The molecule has 8 heteroatoms. The van der Waals surface area contributed by atoms with Crippen molar-refractivity contribution in [1.82, 2.24) is 9.97 Å². The van der Waals surface area contributed by atoms with E-state index in [1.54, 1.807) is 19.1 Å². The molecule has 1 heterocycles. The van der Waals surface area contributed by atoms with Crippen LogP contribution in [0.2, 0.25) is 5.28 Å². The molecule has 0 fully saturated rings. The predicted molar refractivity (Wildman–Crippen MR) is 63.6 cm³/mol. The van der Waals surface area contributed by atoms with Crippen LogP contribution in [0.1, 0.15) is 5.69 Å². The van der Waals surface area contributed by atoms with E-state index in [1.807, 2.05) is 0 Å². The van der Waals surface area contributed by atoms with Crippen LogP contribution in [0.5, 0.6) is 0 Å². The second kappa shape index (κ2) is 5.74. The molecule has 0 bridgehead atoms. The van der Waals surface area contributed by atoms with E-state index in [0.29, 0.717) is 13.2 Å². The van der Waals surface area contributed by atoms with Gasteiger partial charge < -0.3 is 9.64 Å². The quantitative estimate of drug-likeness (QED) is 0.453. The molecular formula is C9H13ClN4O3. The Morgan fingerprint density at radius 2 is 2.18 bits per heavy atom. The van der Waals surface area contributed by atoms with Gasteiger partial charge in [0, 0.05) is 20.7 Å². The summed E-state index contributed by atoms with van der Waals surface area (Å²) in [5.74, 6) is 0.199. The molecule has 0 saturated heterocycles. The molecule has 0 N–H and O–H groups in total. The van der Waals surface area contributed by atoms with Gasteiger partial charge in [0.1, 0.15) is 5.69 Å². The highest BCUT2D eigenvalue weighted by Crippen LogP contribution is 2.28. The summed E-state index contributed by atoms with van der Waals surface area (Å²) in [7, 11) is 3.24. The van der Waals surface area contributed by atoms with Gasteiger partial charge in [0.05, 0.1) is 11.5 Å². The van der Waals surface area contributed by atoms with Crippen LogP contribution in [-0.2, 0) is 4.74 Å². The average Bonchev–Trinajstić information content (AvgIpc) is 2.23. The topological polar surface area (TPSA) is 81.4 Å². The van der Waals surface area contributed by atoms with Crippen LogP contribution < -0.4 is 4.90 Å². The van der Waals surface area contributed by atoms with Gasteiger partial charge in [-0.3, -0.25) is 10.1 Å². The number of methoxy groups -OCH3 is 1. The SMILES string of the molecule is COCCN(C)c1nc(Cl)nc(C)c1[N+](=O)[O-]. The molecule has 17 heavy (non-hydrogen) atoms. The van der Waals surface area contributed by atoms with Crippen LogP contribution in [0.25, 0.3) is 0 Å². The van der Waals surface area contributed by atoms with Crippen molar-refractivity contribution in [1.29, 1.82) is 0 Å². The average molecular weight is 261 g/mol. The zero-order valence-electron chi connectivity index (χ0n) is 9.81. The van der Waals surface area contributed by atoms with Gasteiger partial charge in [-0.1, -0.05) is 0 Å². The third kappa shape index (κ3) is 3.24. The summed E-state index contributed by atoms with van der Waals surface area (Å²) in [6, 6.07) is 0. The molecule has 1 rings (SSSR count). The standard InChI is InChI=1S/C9H13ClN4O3/c1-6-7(14(15)16)8(12-9(10)11-6)13(2)4-5-17-3/h4-5H2,1-3H3. The van der Waals surface area contributed by atoms with Gasteiger partial charge in [-0.05, 0) is 18.5 Å². The van der Waals surface area contributed by atoms with Crippen molar-refractivity contribution >= 4 is 23.1 Å². The van der Waals surface area contributed by atoms with Crippen LogP contribution in [0.15, 0.2) is 0 Å². The fourth-order valence-electron chi connectivity index (χ4n) is 1.33. The van der Waals surface area contributed by atoms with Crippen LogP contribution in [0.3, 0.4) is 0 Å². The van der Waals surface area contributed by atoms with Gasteiger partial charge in [-0.15, -0.1) is 0 Å². The summed E-state index contributed by atoms with van der Waals surface area (Å²) < 4.78 is 4.91. The lowest BCUT2D eigenvalue weighted by Crippen LogP contribution is -2.24. The monoisotopic (exact) mass is 260 g/mol. The number of hydrogen-bond acceptors (Lipinski definition) is 6. The van der Waals surface area contributed by atoms with Crippen LogP contribution >= 0.6 is 11.6 Å². The van der Waals surface area contributed by atoms with Gasteiger partial charge in [0.25, 0.3) is 0 Å². The highest BCUT2D eigenvalue weighted by Gasteiger charge is 2.24. The number of ether oxygens (including phenoxy) is 1. The van der Waals surface area contributed by atoms with Crippen molar-refractivity contribution in [2.24, 2.45) is 0 Å². The minimum Gasteiger partial charge on any atom is -0.383 e. The van der Waals surface area contributed by atoms with E-state index >= 15 is 0 Å². The first-order valence-corrected chi connectivity index (χ1v) is 5.23. The molecule has 0 unspecified atom stereocenters. The van der Waals surface area contributed by atoms with Crippen molar-refractivity contribution in [3.63, 3.8) is 0 Å². The van der Waals surface area contributed by atoms with Crippen LogP contribution in [0.4, 0.5) is 11.5 Å². The Morgan fingerprint density at radius 1 is 1.53 bits per heavy atom. The lowest BCUT2D eigenvalue weighted by atomic mass is 10.3. The number of halogens is 1. The summed E-state index contributed by atoms with van der Waals surface area (Å²) in [6.45, 7) is 2.44. The Kier molecular flexibility index (Phi) is 4.59. The Balaban J connectivity index is 3.15. The Labute approximate surface area is 104 Å². The predicted octanol–water partition coefficient (Wildman–Crippen LogP) is 1.43. The van der Waals surface area contributed by atoms with Crippen LogP contribution in [0, 0.1) is 17.0 Å². The van der Waals surface area contributed by atoms with E-state index in [4.69, 9.17) is 16.3 Å². The number of aromatic nitrogens is 2. The maximum Gasteiger partial charge on any atom is 0.332 e. The number of rotatable bonds is 5. The number of hydrogen-bond donors (Lipinski definition) is 0. The van der Waals surface area contributed by atoms with E-state index in [-0.39, 0.29) is 22.5 Å². The highest BCUT2D eigenvalue weighted by atomic mass is 35.5. The molecule has 0 radical (unpaired) electrons. The normalized spacial score (nSPS) is 10.4. The Hall–Kier alpha value is -1.47. The number of nitrogens with zero attached hydrogens (tertiary/aromatic N) is 4. The molecule has 7 nitrogen and oxygen atoms in total. The maximum absolute atomic E-state index is 11.0. The molecular weight excluding hydrogens is 248 g/mol. The number of nitro groups is 1. The molecule has 1 aromatic rings. The summed E-state index contributed by atoms with van der Waals surface area (Å²) >= 11 is 5.70. The van der Waals surface area contributed by atoms with Crippen molar-refractivity contribution in [2.75, 3.05) is 32.2 Å². The molecule has 0 saturated carbocycles. The third-order valence-electron chi connectivity index (χ3n) is 2.19. The summed E-state index contributed by atoms with van der Waals surface area (Å²) in [4.78, 5) is 19.7. The van der Waals surface area contributed by atoms with E-state index in [9.17, 15) is 10.1 Å². The van der Waals surface area contributed by atoms with Gasteiger partial charge in [-0.25, -0.2) is 4.98 Å². The smallest absolute Gasteiger partial charge is 0.332 e. The van der Waals surface area contributed by atoms with Gasteiger partial charge >= 0.3 is 5.69 Å². The summed E-state index contributed by atoms with van der Waals surface area (Å²) in [6.07, 6.45) is 0. The molecule has 1 aromatic heterocycles. The fourth-order valence-corrected chi connectivity index (χ4v) is 1.54. The highest BCUT2D eigenvalue weighted by molar-refractivity contribution is 6.28. The van der Waals surface area contributed by atoms with Gasteiger partial charge in [0.15, 0.2) is 0 Å². The van der Waals surface area contributed by atoms with E-state index in [2.05, 4.69) is 9.97 Å². The first-order chi connectivity index (χ1) is 7.97. The van der Waals surface area contributed by atoms with E-state index in [1.165, 1.54) is 6.92 Å². The van der Waals surface area contributed by atoms with Crippen molar-refractivity contribution < 1.29 is 9.66 Å². The number of aryl methyl sites for hydroxylation is 1. The molecule has 0 aliphatic rings. The first-order valence-electron chi connectivity index (χ1n) is 4.86. The molecule has 0 aliphatic carbocycles. The molecule has 0 aliphatic heterocycles. The number of anilines is 1. The van der Waals surface area contributed by atoms with Crippen molar-refractivity contribution in [3.8, 4) is 0 Å². The van der Waals surface area contributed by atoms with Crippen LogP contribution in [-0.4, -0.2) is 42.2 Å².